The highest BCUT2D eigenvalue weighted by molar-refractivity contribution is 9.10. The molecule has 0 atom stereocenters. The maximum atomic E-state index is 13.8. The van der Waals surface area contributed by atoms with Crippen LogP contribution in [0.4, 0.5) is 18.9 Å². The Labute approximate surface area is 150 Å². The summed E-state index contributed by atoms with van der Waals surface area (Å²) in [6, 6.07) is 7.03. The number of benzene rings is 2. The van der Waals surface area contributed by atoms with Crippen LogP contribution in [-0.2, 0) is 4.79 Å². The molecule has 0 heterocycles. The smallest absolute Gasteiger partial charge is 0.257 e. The fourth-order valence-electron chi connectivity index (χ4n) is 2.13. The molecular weight excluding hydrogens is 401 g/mol. The van der Waals surface area contributed by atoms with E-state index >= 15 is 0 Å². The van der Waals surface area contributed by atoms with E-state index in [2.05, 4.69) is 21.2 Å². The van der Waals surface area contributed by atoms with E-state index in [1.54, 1.807) is 6.92 Å². The maximum absolute atomic E-state index is 13.8. The highest BCUT2D eigenvalue weighted by Crippen LogP contribution is 2.19. The van der Waals surface area contributed by atoms with E-state index in [4.69, 9.17) is 0 Å². The molecule has 0 aromatic heterocycles. The minimum Gasteiger partial charge on any atom is -0.330 e. The Morgan fingerprint density at radius 2 is 1.72 bits per heavy atom. The van der Waals surface area contributed by atoms with E-state index in [0.29, 0.717) is 4.47 Å². The number of anilines is 1. The van der Waals surface area contributed by atoms with Crippen LogP contribution in [0.2, 0.25) is 0 Å². The van der Waals surface area contributed by atoms with Gasteiger partial charge in [-0.1, -0.05) is 22.0 Å². The van der Waals surface area contributed by atoms with Gasteiger partial charge in [-0.25, -0.2) is 13.2 Å². The van der Waals surface area contributed by atoms with Gasteiger partial charge in [0.15, 0.2) is 0 Å². The van der Waals surface area contributed by atoms with Crippen molar-refractivity contribution in [2.24, 2.45) is 0 Å². The summed E-state index contributed by atoms with van der Waals surface area (Å²) in [6.07, 6.45) is 0. The number of likely N-dealkylation sites (N-methyl/N-ethyl adjacent to an activating group) is 1. The van der Waals surface area contributed by atoms with Crippen LogP contribution in [0, 0.1) is 17.5 Å². The molecule has 0 aliphatic heterocycles. The molecule has 0 aliphatic rings. The number of hydrogen-bond donors (Lipinski definition) is 1. The van der Waals surface area contributed by atoms with E-state index in [1.807, 2.05) is 0 Å². The third-order valence-electron chi connectivity index (χ3n) is 3.39. The molecule has 0 radical (unpaired) electrons. The number of carbonyl (C=O) groups is 2. The molecule has 0 aliphatic carbocycles. The average Bonchev–Trinajstić information content (AvgIpc) is 2.57. The second-order valence-corrected chi connectivity index (χ2v) is 6.00. The topological polar surface area (TPSA) is 49.4 Å². The van der Waals surface area contributed by atoms with Gasteiger partial charge in [0, 0.05) is 11.0 Å². The van der Waals surface area contributed by atoms with Crippen molar-refractivity contribution in [3.05, 3.63) is 63.9 Å². The van der Waals surface area contributed by atoms with E-state index < -0.39 is 41.5 Å². The van der Waals surface area contributed by atoms with Gasteiger partial charge in [-0.15, -0.1) is 0 Å². The lowest BCUT2D eigenvalue weighted by molar-refractivity contribution is -0.116. The van der Waals surface area contributed by atoms with Crippen molar-refractivity contribution in [1.82, 2.24) is 4.90 Å². The molecule has 1 N–H and O–H groups in total. The third kappa shape index (κ3) is 4.60. The lowest BCUT2D eigenvalue weighted by atomic mass is 10.2. The summed E-state index contributed by atoms with van der Waals surface area (Å²) >= 11 is 3.15. The quantitative estimate of drug-likeness (QED) is 0.804. The first-order valence-electron chi connectivity index (χ1n) is 7.31. The van der Waals surface area contributed by atoms with E-state index in [9.17, 15) is 22.8 Å². The third-order valence-corrected chi connectivity index (χ3v) is 3.88. The number of amides is 2. The van der Waals surface area contributed by atoms with Gasteiger partial charge in [0.1, 0.15) is 29.7 Å². The van der Waals surface area contributed by atoms with Gasteiger partial charge in [0.05, 0.1) is 5.56 Å². The monoisotopic (exact) mass is 414 g/mol. The number of rotatable bonds is 5. The summed E-state index contributed by atoms with van der Waals surface area (Å²) in [5, 5.41) is 2.09. The van der Waals surface area contributed by atoms with Gasteiger partial charge in [-0.3, -0.25) is 9.59 Å². The molecule has 2 amide bonds. The molecule has 4 nitrogen and oxygen atoms in total. The Kier molecular flexibility index (Phi) is 6.19. The highest BCUT2D eigenvalue weighted by atomic mass is 79.9. The first-order chi connectivity index (χ1) is 11.8. The van der Waals surface area contributed by atoms with Crippen molar-refractivity contribution in [3.63, 3.8) is 0 Å². The van der Waals surface area contributed by atoms with Crippen molar-refractivity contribution in [1.29, 1.82) is 0 Å². The molecule has 0 saturated heterocycles. The van der Waals surface area contributed by atoms with Crippen LogP contribution in [0.1, 0.15) is 17.3 Å². The number of nitrogens with zero attached hydrogens (tertiary/aromatic N) is 1. The molecule has 2 aromatic carbocycles. The van der Waals surface area contributed by atoms with Crippen molar-refractivity contribution >= 4 is 33.4 Å². The first-order valence-corrected chi connectivity index (χ1v) is 8.11. The highest BCUT2D eigenvalue weighted by Gasteiger charge is 2.22. The summed E-state index contributed by atoms with van der Waals surface area (Å²) in [7, 11) is 0. The van der Waals surface area contributed by atoms with Crippen molar-refractivity contribution in [2.75, 3.05) is 18.4 Å². The van der Waals surface area contributed by atoms with Crippen LogP contribution in [0.25, 0.3) is 0 Å². The predicted octanol–water partition coefficient (Wildman–Crippen LogP) is 3.97. The van der Waals surface area contributed by atoms with Gasteiger partial charge in [0.25, 0.3) is 5.91 Å². The van der Waals surface area contributed by atoms with Crippen LogP contribution in [0.3, 0.4) is 0 Å². The van der Waals surface area contributed by atoms with Crippen molar-refractivity contribution in [2.45, 2.75) is 6.92 Å². The lowest BCUT2D eigenvalue weighted by Crippen LogP contribution is -2.38. The number of carbonyl (C=O) groups excluding carboxylic acids is 2. The first kappa shape index (κ1) is 19.0. The van der Waals surface area contributed by atoms with Crippen molar-refractivity contribution < 1.29 is 22.8 Å². The second kappa shape index (κ2) is 8.15. The van der Waals surface area contributed by atoms with Crippen LogP contribution < -0.4 is 5.32 Å². The van der Waals surface area contributed by atoms with Crippen LogP contribution in [-0.4, -0.2) is 29.8 Å². The Balaban J connectivity index is 2.14. The Morgan fingerprint density at radius 1 is 1.08 bits per heavy atom. The normalized spacial score (nSPS) is 10.4. The standard InChI is InChI=1S/C17H14BrF3N2O2/c1-2-23(17(25)11-8-10(18)6-7-12(11)19)9-15(24)22-16-13(20)4-3-5-14(16)21/h3-8H,2,9H2,1H3,(H,22,24). The van der Waals surface area contributed by atoms with Crippen LogP contribution >= 0.6 is 15.9 Å². The molecule has 0 fully saturated rings. The van der Waals surface area contributed by atoms with Gasteiger partial charge in [-0.05, 0) is 37.3 Å². The lowest BCUT2D eigenvalue weighted by Gasteiger charge is -2.21. The Bertz CT molecular complexity index is 794. The minimum absolute atomic E-state index is 0.109. The average molecular weight is 415 g/mol. The van der Waals surface area contributed by atoms with Gasteiger partial charge in [0.2, 0.25) is 5.91 Å². The summed E-state index contributed by atoms with van der Waals surface area (Å²) in [4.78, 5) is 25.5. The van der Waals surface area contributed by atoms with Crippen LogP contribution in [0.15, 0.2) is 40.9 Å². The van der Waals surface area contributed by atoms with E-state index in [0.717, 1.165) is 29.2 Å². The number of hydrogen-bond acceptors (Lipinski definition) is 2. The molecule has 8 heteroatoms. The van der Waals surface area contributed by atoms with Gasteiger partial charge in [-0.2, -0.15) is 0 Å². The fourth-order valence-corrected chi connectivity index (χ4v) is 2.49. The molecular formula is C17H14BrF3N2O2. The molecule has 2 aromatic rings. The molecule has 0 bridgehead atoms. The summed E-state index contributed by atoms with van der Waals surface area (Å²) < 4.78 is 41.5. The molecule has 0 saturated carbocycles. The minimum atomic E-state index is -0.930. The van der Waals surface area contributed by atoms with Gasteiger partial charge < -0.3 is 10.2 Å². The molecule has 2 rings (SSSR count). The van der Waals surface area contributed by atoms with E-state index in [1.165, 1.54) is 12.1 Å². The number of para-hydroxylation sites is 1. The van der Waals surface area contributed by atoms with E-state index in [-0.39, 0.29) is 12.1 Å². The largest absolute Gasteiger partial charge is 0.330 e. The molecule has 132 valence electrons. The van der Waals surface area contributed by atoms with Crippen LogP contribution in [0.5, 0.6) is 0 Å². The maximum Gasteiger partial charge on any atom is 0.257 e. The zero-order valence-electron chi connectivity index (χ0n) is 13.2. The fraction of sp³-hybridized carbons (Fsp3) is 0.176. The number of halogens is 4. The zero-order valence-corrected chi connectivity index (χ0v) is 14.7. The second-order valence-electron chi connectivity index (χ2n) is 5.09. The Morgan fingerprint density at radius 3 is 2.32 bits per heavy atom. The Hall–Kier alpha value is -2.35. The molecule has 25 heavy (non-hydrogen) atoms. The SMILES string of the molecule is CCN(CC(=O)Nc1c(F)cccc1F)C(=O)c1cc(Br)ccc1F. The van der Waals surface area contributed by atoms with Crippen molar-refractivity contribution in [3.8, 4) is 0 Å². The molecule has 0 unspecified atom stereocenters. The predicted molar refractivity (Wildman–Crippen MR) is 90.7 cm³/mol. The zero-order chi connectivity index (χ0) is 18.6. The summed E-state index contributed by atoms with van der Waals surface area (Å²) in [6.45, 7) is 1.23. The summed E-state index contributed by atoms with van der Waals surface area (Å²) in [5.41, 5.74) is -0.800. The molecule has 0 spiro atoms. The summed E-state index contributed by atoms with van der Waals surface area (Å²) in [5.74, 6) is -4.09. The number of nitrogens with one attached hydrogen (secondary N) is 1. The van der Waals surface area contributed by atoms with Gasteiger partial charge >= 0.3 is 0 Å².